The number of halogens is 1. The molecule has 2 unspecified atom stereocenters. The highest BCUT2D eigenvalue weighted by Gasteiger charge is 2.17. The number of aromatic nitrogens is 1. The molecular weight excluding hydrogens is 432 g/mol. The van der Waals surface area contributed by atoms with Crippen LogP contribution in [-0.4, -0.2) is 40.0 Å². The van der Waals surface area contributed by atoms with Gasteiger partial charge in [-0.15, -0.1) is 0 Å². The van der Waals surface area contributed by atoms with Crippen molar-refractivity contribution in [2.75, 3.05) is 12.8 Å². The quantitative estimate of drug-likeness (QED) is 0.411. The number of aliphatic hydroxyl groups is 1. The number of carboxylic acid groups (broad SMARTS) is 1. The first-order valence-electron chi connectivity index (χ1n) is 10.4. The maximum atomic E-state index is 13.5. The molecule has 2 aromatic rings. The summed E-state index contributed by atoms with van der Waals surface area (Å²) in [6, 6.07) is 8.15. The normalized spacial score (nSPS) is 13.0. The third-order valence-electron chi connectivity index (χ3n) is 4.69. The second kappa shape index (κ2) is 11.9. The average molecular weight is 461 g/mol. The maximum absolute atomic E-state index is 13.5. The lowest BCUT2D eigenvalue weighted by Gasteiger charge is -2.17. The molecule has 2 rings (SSSR count). The highest BCUT2D eigenvalue weighted by molar-refractivity contribution is 7.39. The summed E-state index contributed by atoms with van der Waals surface area (Å²) in [5.41, 5.74) is 4.07. The van der Waals surface area contributed by atoms with Crippen LogP contribution in [0.15, 0.2) is 30.3 Å². The van der Waals surface area contributed by atoms with Gasteiger partial charge in [0.25, 0.3) is 0 Å². The fourth-order valence-electron chi connectivity index (χ4n) is 3.05. The van der Waals surface area contributed by atoms with E-state index in [1.807, 2.05) is 19.9 Å². The predicted molar refractivity (Wildman–Crippen MR) is 123 cm³/mol. The fourth-order valence-corrected chi connectivity index (χ4v) is 3.93. The lowest BCUT2D eigenvalue weighted by atomic mass is 9.92. The summed E-state index contributed by atoms with van der Waals surface area (Å²) >= 11 is 0. The minimum Gasteiger partial charge on any atom is -0.481 e. The van der Waals surface area contributed by atoms with Gasteiger partial charge in [0.2, 0.25) is 0 Å². The zero-order valence-electron chi connectivity index (χ0n) is 18.7. The Balaban J connectivity index is 2.33. The van der Waals surface area contributed by atoms with Crippen molar-refractivity contribution >= 4 is 14.0 Å². The van der Waals surface area contributed by atoms with Crippen LogP contribution >= 0.6 is 8.03 Å². The number of carboxylic acids is 1. The average Bonchev–Trinajstić information content (AvgIpc) is 2.70. The third kappa shape index (κ3) is 7.56. The van der Waals surface area contributed by atoms with E-state index in [0.717, 1.165) is 22.5 Å². The molecule has 1 heterocycles. The summed E-state index contributed by atoms with van der Waals surface area (Å²) in [7, 11) is -2.62. The smallest absolute Gasteiger partial charge is 0.305 e. The fraction of sp³-hybridized carbons (Fsp3) is 0.417. The zero-order chi connectivity index (χ0) is 23.8. The molecule has 172 valence electrons. The monoisotopic (exact) mass is 461 g/mol. The van der Waals surface area contributed by atoms with Gasteiger partial charge in [0.05, 0.1) is 23.8 Å². The summed E-state index contributed by atoms with van der Waals surface area (Å²) in [5, 5.41) is 18.2. The van der Waals surface area contributed by atoms with Crippen LogP contribution < -0.4 is 0 Å². The first-order valence-corrected chi connectivity index (χ1v) is 12.0. The molecule has 0 aliphatic carbocycles. The third-order valence-corrected chi connectivity index (χ3v) is 5.96. The molecular formula is C24H29FNO5P. The summed E-state index contributed by atoms with van der Waals surface area (Å²) in [6.45, 7) is 8.01. The second-order valence-corrected chi connectivity index (χ2v) is 9.53. The van der Waals surface area contributed by atoms with Crippen LogP contribution in [0.4, 0.5) is 4.39 Å². The largest absolute Gasteiger partial charge is 0.481 e. The van der Waals surface area contributed by atoms with Crippen molar-refractivity contribution in [3.63, 3.8) is 0 Å². The summed E-state index contributed by atoms with van der Waals surface area (Å²) in [6.07, 6.45) is -1.95. The van der Waals surface area contributed by atoms with Crippen LogP contribution in [0.25, 0.3) is 11.1 Å². The molecule has 6 nitrogen and oxygen atoms in total. The Morgan fingerprint density at radius 3 is 2.41 bits per heavy atom. The lowest BCUT2D eigenvalue weighted by Crippen LogP contribution is -2.15. The Bertz CT molecular complexity index is 1030. The van der Waals surface area contributed by atoms with Gasteiger partial charge in [0.1, 0.15) is 12.4 Å². The number of carbonyl (C=O) groups is 1. The van der Waals surface area contributed by atoms with E-state index in [-0.39, 0.29) is 30.4 Å². The first-order chi connectivity index (χ1) is 15.1. The van der Waals surface area contributed by atoms with E-state index >= 15 is 0 Å². The molecule has 8 heteroatoms. The summed E-state index contributed by atoms with van der Waals surface area (Å²) < 4.78 is 30.6. The van der Waals surface area contributed by atoms with Crippen molar-refractivity contribution in [1.29, 1.82) is 0 Å². The van der Waals surface area contributed by atoms with Crippen molar-refractivity contribution in [3.8, 4) is 23.0 Å². The molecule has 1 aromatic heterocycles. The second-order valence-electron chi connectivity index (χ2n) is 8.09. The predicted octanol–water partition coefficient (Wildman–Crippen LogP) is 4.81. The van der Waals surface area contributed by atoms with Gasteiger partial charge in [-0.2, -0.15) is 0 Å². The number of aliphatic hydroxyl groups excluding tert-OH is 1. The van der Waals surface area contributed by atoms with Gasteiger partial charge in [-0.25, -0.2) is 4.39 Å². The summed E-state index contributed by atoms with van der Waals surface area (Å²) in [5.74, 6) is 4.71. The van der Waals surface area contributed by atoms with Crippen LogP contribution in [0.5, 0.6) is 0 Å². The zero-order valence-corrected chi connectivity index (χ0v) is 19.7. The molecule has 2 atom stereocenters. The van der Waals surface area contributed by atoms with E-state index in [9.17, 15) is 18.9 Å². The van der Waals surface area contributed by atoms with Crippen LogP contribution in [0.2, 0.25) is 0 Å². The molecule has 0 aliphatic heterocycles. The van der Waals surface area contributed by atoms with E-state index < -0.39 is 26.5 Å². The van der Waals surface area contributed by atoms with Crippen molar-refractivity contribution in [3.05, 3.63) is 53.1 Å². The maximum Gasteiger partial charge on any atom is 0.305 e. The molecule has 0 spiro atoms. The summed E-state index contributed by atoms with van der Waals surface area (Å²) in [4.78, 5) is 15.4. The van der Waals surface area contributed by atoms with Crippen molar-refractivity contribution in [1.82, 2.24) is 4.98 Å². The Hall–Kier alpha value is -2.52. The van der Waals surface area contributed by atoms with E-state index in [1.165, 1.54) is 12.1 Å². The van der Waals surface area contributed by atoms with Crippen LogP contribution in [0.3, 0.4) is 0 Å². The van der Waals surface area contributed by atoms with Gasteiger partial charge in [-0.3, -0.25) is 14.3 Å². The highest BCUT2D eigenvalue weighted by atomic mass is 31.1. The molecule has 0 radical (unpaired) electrons. The van der Waals surface area contributed by atoms with Crippen molar-refractivity contribution in [2.45, 2.75) is 52.1 Å². The van der Waals surface area contributed by atoms with Crippen molar-refractivity contribution < 1.29 is 28.5 Å². The van der Waals surface area contributed by atoms with E-state index in [2.05, 4.69) is 25.7 Å². The van der Waals surface area contributed by atoms with E-state index in [0.29, 0.717) is 5.56 Å². The Kier molecular flexibility index (Phi) is 9.59. The number of pyridine rings is 1. The highest BCUT2D eigenvalue weighted by Crippen LogP contribution is 2.32. The number of benzene rings is 1. The Labute approximate surface area is 188 Å². The molecule has 0 aliphatic rings. The molecule has 2 N–H and O–H groups in total. The SMILES string of the molecule is CC(C)c1cc(-c2ccc(F)cc2)c(C#CCO[PH](=O)CC(O)CC(=O)O)c(C(C)C)n1. The Morgan fingerprint density at radius 2 is 1.84 bits per heavy atom. The number of nitrogens with zero attached hydrogens (tertiary/aromatic N) is 1. The minimum atomic E-state index is -2.62. The lowest BCUT2D eigenvalue weighted by molar-refractivity contribution is -0.138. The number of hydrogen-bond donors (Lipinski definition) is 2. The van der Waals surface area contributed by atoms with Gasteiger partial charge < -0.3 is 14.7 Å². The van der Waals surface area contributed by atoms with Gasteiger partial charge in [0, 0.05) is 17.4 Å². The van der Waals surface area contributed by atoms with Crippen molar-refractivity contribution in [2.24, 2.45) is 0 Å². The standard InChI is InChI=1S/C24H29FNO5P/c1-15(2)22-13-21(17-7-9-18(25)10-8-17)20(24(26-22)16(3)4)6-5-11-31-32(30)14-19(27)12-23(28)29/h7-10,13,15-16,19,27,32H,11-12,14H2,1-4H3,(H,28,29). The van der Waals surface area contributed by atoms with Crippen LogP contribution in [0, 0.1) is 17.7 Å². The molecule has 0 saturated heterocycles. The van der Waals surface area contributed by atoms with Gasteiger partial charge in [-0.05, 0) is 35.6 Å². The van der Waals surface area contributed by atoms with E-state index in [4.69, 9.17) is 14.6 Å². The van der Waals surface area contributed by atoms with Crippen LogP contribution in [-0.2, 0) is 13.9 Å². The molecule has 0 saturated carbocycles. The topological polar surface area (TPSA) is 96.7 Å². The molecule has 32 heavy (non-hydrogen) atoms. The molecule has 0 bridgehead atoms. The van der Waals surface area contributed by atoms with Gasteiger partial charge in [-0.1, -0.05) is 51.7 Å². The molecule has 0 fully saturated rings. The number of aliphatic carboxylic acids is 1. The number of hydrogen-bond acceptors (Lipinski definition) is 5. The Morgan fingerprint density at radius 1 is 1.19 bits per heavy atom. The van der Waals surface area contributed by atoms with Crippen LogP contribution in [0.1, 0.15) is 62.9 Å². The van der Waals surface area contributed by atoms with E-state index in [1.54, 1.807) is 12.1 Å². The molecule has 0 amide bonds. The molecule has 1 aromatic carbocycles. The van der Waals surface area contributed by atoms with Gasteiger partial charge in [0.15, 0.2) is 8.03 Å². The number of rotatable bonds is 9. The van der Waals surface area contributed by atoms with Gasteiger partial charge >= 0.3 is 5.97 Å². The first kappa shape index (κ1) is 25.7. The minimum absolute atomic E-state index is 0.0865.